The second kappa shape index (κ2) is 9.12. The summed E-state index contributed by atoms with van der Waals surface area (Å²) in [5, 5.41) is 13.7. The Morgan fingerprint density at radius 3 is 2.76 bits per heavy atom. The average molecular weight is 424 g/mol. The largest absolute Gasteiger partial charge is 0.468 e. The van der Waals surface area contributed by atoms with Crippen LogP contribution < -0.4 is 15.5 Å². The van der Waals surface area contributed by atoms with E-state index < -0.39 is 11.6 Å². The lowest BCUT2D eigenvalue weighted by molar-refractivity contribution is -0.120. The number of hydrogen-bond donors (Lipinski definition) is 2. The van der Waals surface area contributed by atoms with Gasteiger partial charge in [-0.05, 0) is 26.1 Å². The second-order valence-corrected chi connectivity index (χ2v) is 7.18. The van der Waals surface area contributed by atoms with Crippen LogP contribution in [0.5, 0.6) is 0 Å². The molecule has 1 aliphatic rings. The Bertz CT molecular complexity index is 881. The number of nitrogens with zero attached hydrogens (tertiary/aromatic N) is 4. The van der Waals surface area contributed by atoms with Crippen LogP contribution in [-0.4, -0.2) is 51.8 Å². The molecule has 0 bridgehead atoms. The van der Waals surface area contributed by atoms with Crippen LogP contribution >= 0.6 is 12.2 Å². The molecule has 8 nitrogen and oxygen atoms in total. The van der Waals surface area contributed by atoms with Crippen molar-refractivity contribution in [3.05, 3.63) is 35.7 Å². The van der Waals surface area contributed by atoms with E-state index in [0.29, 0.717) is 18.8 Å². The van der Waals surface area contributed by atoms with Gasteiger partial charge in [0.2, 0.25) is 5.91 Å². The van der Waals surface area contributed by atoms with Crippen LogP contribution in [0.3, 0.4) is 0 Å². The lowest BCUT2D eigenvalue weighted by atomic mass is 10.2. The Balaban J connectivity index is 1.73. The summed E-state index contributed by atoms with van der Waals surface area (Å²) in [7, 11) is 0. The smallest absolute Gasteiger partial charge is 0.257 e. The summed E-state index contributed by atoms with van der Waals surface area (Å²) in [5.74, 6) is -1.58. The highest BCUT2D eigenvalue weighted by molar-refractivity contribution is 7.80. The molecule has 1 amide bonds. The molecule has 0 spiro atoms. The number of carbonyl (C=O) groups is 1. The number of thiocarbonyl (C=S) groups is 1. The van der Waals surface area contributed by atoms with E-state index in [9.17, 15) is 13.6 Å². The predicted molar refractivity (Wildman–Crippen MR) is 107 cm³/mol. The van der Waals surface area contributed by atoms with Gasteiger partial charge in [0.1, 0.15) is 11.4 Å². The van der Waals surface area contributed by atoms with Gasteiger partial charge in [-0.2, -0.15) is 0 Å². The van der Waals surface area contributed by atoms with Crippen LogP contribution in [0, 0.1) is 11.6 Å². The van der Waals surface area contributed by atoms with Gasteiger partial charge in [-0.25, -0.2) is 13.5 Å². The highest BCUT2D eigenvalue weighted by Gasteiger charge is 2.22. The number of carbonyl (C=O) groups excluding carboxylic acids is 1. The number of nitrogens with one attached hydrogen (secondary N) is 2. The van der Waals surface area contributed by atoms with Gasteiger partial charge in [-0.15, -0.1) is 5.10 Å². The van der Waals surface area contributed by atoms with E-state index in [4.69, 9.17) is 17.0 Å². The summed E-state index contributed by atoms with van der Waals surface area (Å²) in [6.07, 6.45) is 1.68. The first-order chi connectivity index (χ1) is 13.8. The topological polar surface area (TPSA) is 84.3 Å². The van der Waals surface area contributed by atoms with E-state index in [0.717, 1.165) is 0 Å². The standard InChI is InChI=1S/C18H22F2N6O2S/c1-11(2)28-18(29)22-9-12-10-26(24-23-12)13-7-14(19)17(15(20)8-13)25-5-3-16(27)21-4-6-25/h7-8,10-11H,3-6,9H2,1-2H3,(H,21,27)(H,22,29). The van der Waals surface area contributed by atoms with E-state index in [1.54, 1.807) is 6.20 Å². The number of benzene rings is 1. The summed E-state index contributed by atoms with van der Waals surface area (Å²) < 4.78 is 36.0. The zero-order chi connectivity index (χ0) is 21.0. The van der Waals surface area contributed by atoms with Crippen LogP contribution in [0.2, 0.25) is 0 Å². The van der Waals surface area contributed by atoms with Crippen molar-refractivity contribution in [2.24, 2.45) is 0 Å². The van der Waals surface area contributed by atoms with Gasteiger partial charge in [-0.1, -0.05) is 5.21 Å². The van der Waals surface area contributed by atoms with Crippen molar-refractivity contribution < 1.29 is 18.3 Å². The van der Waals surface area contributed by atoms with Gasteiger partial charge in [0.05, 0.1) is 24.5 Å². The fraction of sp³-hybridized carbons (Fsp3) is 0.444. The lowest BCUT2D eigenvalue weighted by Gasteiger charge is -2.23. The Labute approximate surface area is 172 Å². The molecule has 11 heteroatoms. The first-order valence-corrected chi connectivity index (χ1v) is 9.61. The van der Waals surface area contributed by atoms with Crippen molar-refractivity contribution in [3.8, 4) is 5.69 Å². The molecule has 1 aromatic heterocycles. The Morgan fingerprint density at radius 1 is 1.34 bits per heavy atom. The fourth-order valence-electron chi connectivity index (χ4n) is 2.90. The molecule has 1 aliphatic heterocycles. The molecule has 1 aromatic carbocycles. The van der Waals surface area contributed by atoms with E-state index >= 15 is 0 Å². The Kier molecular flexibility index (Phi) is 6.57. The second-order valence-electron chi connectivity index (χ2n) is 6.81. The normalized spacial score (nSPS) is 14.5. The number of ether oxygens (including phenoxy) is 1. The van der Waals surface area contributed by atoms with Crippen LogP contribution in [0.15, 0.2) is 18.3 Å². The van der Waals surface area contributed by atoms with Crippen molar-refractivity contribution in [3.63, 3.8) is 0 Å². The molecule has 0 aliphatic carbocycles. The van der Waals surface area contributed by atoms with Crippen molar-refractivity contribution >= 4 is 29.0 Å². The average Bonchev–Trinajstić information content (AvgIpc) is 3.02. The molecule has 0 unspecified atom stereocenters. The Morgan fingerprint density at radius 2 is 2.07 bits per heavy atom. The third-order valence-corrected chi connectivity index (χ3v) is 4.43. The molecular formula is C18H22F2N6O2S. The summed E-state index contributed by atoms with van der Waals surface area (Å²) in [5.41, 5.74) is 0.581. The minimum Gasteiger partial charge on any atom is -0.468 e. The third kappa shape index (κ3) is 5.37. The number of aromatic nitrogens is 3. The number of anilines is 1. The molecular weight excluding hydrogens is 402 g/mol. The van der Waals surface area contributed by atoms with E-state index in [1.807, 2.05) is 13.8 Å². The number of halogens is 2. The maximum Gasteiger partial charge on any atom is 0.257 e. The molecule has 2 aromatic rings. The molecule has 3 rings (SSSR count). The van der Waals surface area contributed by atoms with E-state index in [-0.39, 0.29) is 48.1 Å². The molecule has 2 N–H and O–H groups in total. The highest BCUT2D eigenvalue weighted by Crippen LogP contribution is 2.27. The fourth-order valence-corrected chi connectivity index (χ4v) is 3.17. The van der Waals surface area contributed by atoms with Crippen LogP contribution in [0.1, 0.15) is 26.0 Å². The molecule has 156 valence electrons. The number of hydrogen-bond acceptors (Lipinski definition) is 6. The van der Waals surface area contributed by atoms with Gasteiger partial charge in [-0.3, -0.25) is 4.79 Å². The van der Waals surface area contributed by atoms with E-state index in [1.165, 1.54) is 21.7 Å². The SMILES string of the molecule is CC(C)OC(=S)NCc1cn(-c2cc(F)c(N3CCNC(=O)CC3)c(F)c2)nn1. The van der Waals surface area contributed by atoms with Gasteiger partial charge < -0.3 is 20.3 Å². The molecule has 0 saturated carbocycles. The molecule has 1 fully saturated rings. The number of rotatable bonds is 5. The first kappa shape index (κ1) is 20.9. The van der Waals surface area contributed by atoms with Gasteiger partial charge in [0.15, 0.2) is 11.6 Å². The molecule has 0 radical (unpaired) electrons. The van der Waals surface area contributed by atoms with Gasteiger partial charge >= 0.3 is 0 Å². The van der Waals surface area contributed by atoms with Crippen molar-refractivity contribution in [1.29, 1.82) is 0 Å². The third-order valence-electron chi connectivity index (χ3n) is 4.19. The maximum atomic E-state index is 14.7. The van der Waals surface area contributed by atoms with Crippen LogP contribution in [0.4, 0.5) is 14.5 Å². The summed E-state index contributed by atoms with van der Waals surface area (Å²) in [6.45, 7) is 4.89. The minimum atomic E-state index is -0.726. The van der Waals surface area contributed by atoms with Gasteiger partial charge in [0.25, 0.3) is 5.17 Å². The number of amides is 1. The van der Waals surface area contributed by atoms with Crippen molar-refractivity contribution in [2.45, 2.75) is 32.9 Å². The first-order valence-electron chi connectivity index (χ1n) is 9.20. The molecule has 2 heterocycles. The maximum absolute atomic E-state index is 14.7. The van der Waals surface area contributed by atoms with Crippen molar-refractivity contribution in [1.82, 2.24) is 25.6 Å². The zero-order valence-corrected chi connectivity index (χ0v) is 16.9. The lowest BCUT2D eigenvalue weighted by Crippen LogP contribution is -2.29. The highest BCUT2D eigenvalue weighted by atomic mass is 32.1. The molecule has 29 heavy (non-hydrogen) atoms. The monoisotopic (exact) mass is 424 g/mol. The summed E-state index contributed by atoms with van der Waals surface area (Å²) >= 11 is 5.04. The Hall–Kier alpha value is -2.82. The van der Waals surface area contributed by atoms with E-state index in [2.05, 4.69) is 20.9 Å². The molecule has 0 atom stereocenters. The molecule has 1 saturated heterocycles. The predicted octanol–water partition coefficient (Wildman–Crippen LogP) is 1.67. The van der Waals surface area contributed by atoms with Crippen molar-refractivity contribution in [2.75, 3.05) is 24.5 Å². The van der Waals surface area contributed by atoms with Crippen LogP contribution in [0.25, 0.3) is 5.69 Å². The minimum absolute atomic E-state index is 0.0479. The summed E-state index contributed by atoms with van der Waals surface area (Å²) in [6, 6.07) is 2.38. The zero-order valence-electron chi connectivity index (χ0n) is 16.1. The quantitative estimate of drug-likeness (QED) is 0.707. The van der Waals surface area contributed by atoms with Crippen LogP contribution in [-0.2, 0) is 16.1 Å². The summed E-state index contributed by atoms with van der Waals surface area (Å²) in [4.78, 5) is 13.0. The van der Waals surface area contributed by atoms with Gasteiger partial charge in [0, 0.05) is 38.2 Å².